The fraction of sp³-hybridized carbons (Fsp3) is 0.294. The van der Waals surface area contributed by atoms with E-state index in [1.165, 1.54) is 0 Å². The normalized spacial score (nSPS) is 12.4. The summed E-state index contributed by atoms with van der Waals surface area (Å²) in [7, 11) is 1.96. The van der Waals surface area contributed by atoms with Gasteiger partial charge in [0.1, 0.15) is 0 Å². The van der Waals surface area contributed by atoms with Crippen LogP contribution in [-0.4, -0.2) is 28.8 Å². The molecular formula is C17H20N2O. The highest BCUT2D eigenvalue weighted by molar-refractivity contribution is 5.99. The molecule has 0 fully saturated rings. The van der Waals surface area contributed by atoms with Gasteiger partial charge >= 0.3 is 0 Å². The molecule has 0 aliphatic carbocycles. The maximum absolute atomic E-state index is 12.4. The Morgan fingerprint density at radius 2 is 1.95 bits per heavy atom. The highest BCUT2D eigenvalue weighted by Crippen LogP contribution is 2.11. The molecule has 2 rings (SSSR count). The van der Waals surface area contributed by atoms with Crippen LogP contribution in [-0.2, 0) is 6.54 Å². The van der Waals surface area contributed by atoms with Crippen molar-refractivity contribution in [2.45, 2.75) is 26.4 Å². The second kappa shape index (κ2) is 6.44. The van der Waals surface area contributed by atoms with Crippen molar-refractivity contribution in [1.82, 2.24) is 9.88 Å². The molecule has 1 heterocycles. The number of aryl methyl sites for hydroxylation is 1. The number of aromatic nitrogens is 1. The van der Waals surface area contributed by atoms with Crippen LogP contribution in [0.5, 0.6) is 0 Å². The van der Waals surface area contributed by atoms with Gasteiger partial charge in [-0.3, -0.25) is 14.7 Å². The fourth-order valence-electron chi connectivity index (χ4n) is 2.08. The minimum Gasteiger partial charge on any atom is -0.292 e. The fourth-order valence-corrected chi connectivity index (χ4v) is 2.08. The van der Waals surface area contributed by atoms with Gasteiger partial charge in [-0.15, -0.1) is 0 Å². The van der Waals surface area contributed by atoms with Crippen molar-refractivity contribution in [2.24, 2.45) is 0 Å². The predicted molar refractivity (Wildman–Crippen MR) is 80.7 cm³/mol. The first-order valence-corrected chi connectivity index (χ1v) is 6.78. The number of ketones is 1. The molecule has 3 nitrogen and oxygen atoms in total. The minimum atomic E-state index is -0.155. The molecule has 0 amide bonds. The van der Waals surface area contributed by atoms with E-state index in [-0.39, 0.29) is 11.8 Å². The maximum atomic E-state index is 12.4. The Morgan fingerprint density at radius 1 is 1.25 bits per heavy atom. The zero-order valence-electron chi connectivity index (χ0n) is 12.2. The maximum Gasteiger partial charge on any atom is 0.179 e. The molecule has 0 bridgehead atoms. The first-order valence-electron chi connectivity index (χ1n) is 6.78. The lowest BCUT2D eigenvalue weighted by atomic mass is 10.0. The van der Waals surface area contributed by atoms with Gasteiger partial charge in [-0.05, 0) is 32.5 Å². The summed E-state index contributed by atoms with van der Waals surface area (Å²) in [5, 5.41) is 0. The van der Waals surface area contributed by atoms with E-state index in [0.717, 1.165) is 16.7 Å². The molecule has 104 valence electrons. The summed E-state index contributed by atoms with van der Waals surface area (Å²) >= 11 is 0. The second-order valence-electron chi connectivity index (χ2n) is 5.18. The summed E-state index contributed by atoms with van der Waals surface area (Å²) in [5.41, 5.74) is 3.04. The van der Waals surface area contributed by atoms with Crippen LogP contribution < -0.4 is 0 Å². The minimum absolute atomic E-state index is 0.149. The lowest BCUT2D eigenvalue weighted by molar-refractivity contribution is 0.0862. The SMILES string of the molecule is Cc1ccc(C(=O)C(C)N(C)Cc2cccnc2)cc1. The van der Waals surface area contributed by atoms with Crippen molar-refractivity contribution in [3.8, 4) is 0 Å². The quantitative estimate of drug-likeness (QED) is 0.781. The van der Waals surface area contributed by atoms with Gasteiger partial charge in [-0.25, -0.2) is 0 Å². The average Bonchev–Trinajstić information content (AvgIpc) is 2.47. The average molecular weight is 268 g/mol. The molecule has 20 heavy (non-hydrogen) atoms. The van der Waals surface area contributed by atoms with E-state index in [1.807, 2.05) is 68.4 Å². The van der Waals surface area contributed by atoms with Crippen molar-refractivity contribution in [2.75, 3.05) is 7.05 Å². The van der Waals surface area contributed by atoms with Crippen molar-refractivity contribution >= 4 is 5.78 Å². The van der Waals surface area contributed by atoms with E-state index in [0.29, 0.717) is 6.54 Å². The lowest BCUT2D eigenvalue weighted by Crippen LogP contribution is -2.35. The Morgan fingerprint density at radius 3 is 2.55 bits per heavy atom. The monoisotopic (exact) mass is 268 g/mol. The molecule has 1 aromatic heterocycles. The number of carbonyl (C=O) groups is 1. The van der Waals surface area contributed by atoms with Gasteiger partial charge in [0.05, 0.1) is 6.04 Å². The molecule has 0 spiro atoms. The van der Waals surface area contributed by atoms with E-state index in [9.17, 15) is 4.79 Å². The number of pyridine rings is 1. The summed E-state index contributed by atoms with van der Waals surface area (Å²) in [5.74, 6) is 0.149. The molecule has 0 saturated carbocycles. The highest BCUT2D eigenvalue weighted by atomic mass is 16.1. The van der Waals surface area contributed by atoms with Crippen LogP contribution in [0.15, 0.2) is 48.8 Å². The Hall–Kier alpha value is -2.00. The third kappa shape index (κ3) is 3.52. The van der Waals surface area contributed by atoms with Crippen molar-refractivity contribution in [3.63, 3.8) is 0 Å². The largest absolute Gasteiger partial charge is 0.292 e. The smallest absolute Gasteiger partial charge is 0.179 e. The van der Waals surface area contributed by atoms with Crippen LogP contribution in [0.4, 0.5) is 0 Å². The summed E-state index contributed by atoms with van der Waals surface area (Å²) in [6, 6.07) is 11.5. The van der Waals surface area contributed by atoms with Crippen LogP contribution in [0.2, 0.25) is 0 Å². The van der Waals surface area contributed by atoms with E-state index in [1.54, 1.807) is 6.20 Å². The standard InChI is InChI=1S/C17H20N2O/c1-13-6-8-16(9-7-13)17(20)14(2)19(3)12-15-5-4-10-18-11-15/h4-11,14H,12H2,1-3H3. The Balaban J connectivity index is 2.04. The molecule has 0 aliphatic heterocycles. The van der Waals surface area contributed by atoms with Gasteiger partial charge in [0.25, 0.3) is 0 Å². The molecule has 3 heteroatoms. The third-order valence-electron chi connectivity index (χ3n) is 3.53. The van der Waals surface area contributed by atoms with Crippen LogP contribution in [0, 0.1) is 6.92 Å². The van der Waals surface area contributed by atoms with E-state index in [2.05, 4.69) is 4.98 Å². The van der Waals surface area contributed by atoms with E-state index < -0.39 is 0 Å². The Kier molecular flexibility index (Phi) is 4.64. The van der Waals surface area contributed by atoms with Crippen molar-refractivity contribution in [3.05, 3.63) is 65.5 Å². The number of hydrogen-bond acceptors (Lipinski definition) is 3. The molecule has 0 radical (unpaired) electrons. The zero-order valence-corrected chi connectivity index (χ0v) is 12.2. The highest BCUT2D eigenvalue weighted by Gasteiger charge is 2.19. The molecule has 0 N–H and O–H groups in total. The molecule has 1 aromatic carbocycles. The Bertz CT molecular complexity index is 563. The number of benzene rings is 1. The molecule has 2 aromatic rings. The number of rotatable bonds is 5. The third-order valence-corrected chi connectivity index (χ3v) is 3.53. The molecule has 0 saturated heterocycles. The summed E-state index contributed by atoms with van der Waals surface area (Å²) in [6.45, 7) is 4.68. The zero-order chi connectivity index (χ0) is 14.5. The van der Waals surface area contributed by atoms with Crippen LogP contribution >= 0.6 is 0 Å². The van der Waals surface area contributed by atoms with Gasteiger partial charge in [-0.1, -0.05) is 35.9 Å². The Labute approximate surface area is 120 Å². The molecule has 0 aliphatic rings. The van der Waals surface area contributed by atoms with E-state index >= 15 is 0 Å². The first kappa shape index (κ1) is 14.4. The molecular weight excluding hydrogens is 248 g/mol. The van der Waals surface area contributed by atoms with Gasteiger partial charge < -0.3 is 0 Å². The molecule has 1 unspecified atom stereocenters. The summed E-state index contributed by atoms with van der Waals surface area (Å²) in [6.07, 6.45) is 3.59. The van der Waals surface area contributed by atoms with Gasteiger partial charge in [-0.2, -0.15) is 0 Å². The second-order valence-corrected chi connectivity index (χ2v) is 5.18. The summed E-state index contributed by atoms with van der Waals surface area (Å²) < 4.78 is 0. The number of nitrogens with zero attached hydrogens (tertiary/aromatic N) is 2. The van der Waals surface area contributed by atoms with Crippen molar-refractivity contribution in [1.29, 1.82) is 0 Å². The number of hydrogen-bond donors (Lipinski definition) is 0. The topological polar surface area (TPSA) is 33.2 Å². The molecule has 1 atom stereocenters. The van der Waals surface area contributed by atoms with Crippen LogP contribution in [0.25, 0.3) is 0 Å². The van der Waals surface area contributed by atoms with Gasteiger partial charge in [0.2, 0.25) is 0 Å². The van der Waals surface area contributed by atoms with Crippen LogP contribution in [0.3, 0.4) is 0 Å². The summed E-state index contributed by atoms with van der Waals surface area (Å²) in [4.78, 5) is 18.6. The number of Topliss-reactive ketones (excluding diaryl/α,β-unsaturated/α-hetero) is 1. The van der Waals surface area contributed by atoms with Gasteiger partial charge in [0, 0.05) is 24.5 Å². The first-order chi connectivity index (χ1) is 9.58. The number of likely N-dealkylation sites (N-methyl/N-ethyl adjacent to an activating group) is 1. The lowest BCUT2D eigenvalue weighted by Gasteiger charge is -2.23. The van der Waals surface area contributed by atoms with Gasteiger partial charge in [0.15, 0.2) is 5.78 Å². The van der Waals surface area contributed by atoms with E-state index in [4.69, 9.17) is 0 Å². The number of carbonyl (C=O) groups excluding carboxylic acids is 1. The van der Waals surface area contributed by atoms with Crippen LogP contribution in [0.1, 0.15) is 28.4 Å². The predicted octanol–water partition coefficient (Wildman–Crippen LogP) is 3.09. The van der Waals surface area contributed by atoms with Crippen molar-refractivity contribution < 1.29 is 4.79 Å².